The largest absolute Gasteiger partial charge is 0.455 e. The molecule has 1 aromatic heterocycles. The Morgan fingerprint density at radius 1 is 1.11 bits per heavy atom. The third-order valence-corrected chi connectivity index (χ3v) is 4.26. The quantitative estimate of drug-likeness (QED) is 0.444. The van der Waals surface area contributed by atoms with Crippen LogP contribution in [0.15, 0.2) is 64.1 Å². The van der Waals surface area contributed by atoms with Crippen molar-refractivity contribution in [3.05, 3.63) is 76.0 Å². The minimum atomic E-state index is -0.264. The van der Waals surface area contributed by atoms with Crippen molar-refractivity contribution in [1.82, 2.24) is 5.43 Å². The van der Waals surface area contributed by atoms with E-state index >= 15 is 0 Å². The molecule has 0 aliphatic heterocycles. The lowest BCUT2D eigenvalue weighted by Gasteiger charge is -2.05. The van der Waals surface area contributed by atoms with Crippen LogP contribution in [0.25, 0.3) is 11.3 Å². The molecule has 5 nitrogen and oxygen atoms in total. The van der Waals surface area contributed by atoms with Gasteiger partial charge in [0.05, 0.1) is 17.8 Å². The maximum Gasteiger partial charge on any atom is 0.259 e. The predicted molar refractivity (Wildman–Crippen MR) is 110 cm³/mol. The number of halogens is 2. The Kier molecular flexibility index (Phi) is 6.16. The van der Waals surface area contributed by atoms with E-state index in [9.17, 15) is 4.79 Å². The molecule has 0 aliphatic carbocycles. The van der Waals surface area contributed by atoms with Crippen LogP contribution < -0.4 is 10.7 Å². The molecule has 0 unspecified atom stereocenters. The Labute approximate surface area is 167 Å². The van der Waals surface area contributed by atoms with E-state index in [4.69, 9.17) is 27.6 Å². The van der Waals surface area contributed by atoms with E-state index in [-0.39, 0.29) is 12.5 Å². The Bertz CT molecular complexity index is 966. The second-order valence-corrected chi connectivity index (χ2v) is 6.68. The molecule has 3 aromatic rings. The summed E-state index contributed by atoms with van der Waals surface area (Å²) in [6, 6.07) is 16.5. The van der Waals surface area contributed by atoms with Crippen LogP contribution >= 0.6 is 23.2 Å². The molecule has 1 amide bonds. The summed E-state index contributed by atoms with van der Waals surface area (Å²) in [5, 5.41) is 7.97. The third-order valence-electron chi connectivity index (χ3n) is 3.71. The zero-order valence-corrected chi connectivity index (χ0v) is 16.0. The second-order valence-electron chi connectivity index (χ2n) is 5.84. The highest BCUT2D eigenvalue weighted by atomic mass is 35.5. The van der Waals surface area contributed by atoms with Crippen LogP contribution in [0.1, 0.15) is 11.3 Å². The molecule has 1 heterocycles. The van der Waals surface area contributed by atoms with Gasteiger partial charge in [0.25, 0.3) is 5.91 Å². The maximum atomic E-state index is 11.8. The van der Waals surface area contributed by atoms with E-state index in [1.807, 2.05) is 31.2 Å². The maximum absolute atomic E-state index is 11.8. The minimum Gasteiger partial charge on any atom is -0.455 e. The number of hydrogen-bond acceptors (Lipinski definition) is 4. The molecular weight excluding hydrogens is 385 g/mol. The molecule has 0 saturated heterocycles. The zero-order valence-electron chi connectivity index (χ0n) is 14.5. The minimum absolute atomic E-state index is 0.115. The van der Waals surface area contributed by atoms with Crippen LogP contribution in [0.3, 0.4) is 0 Å². The summed E-state index contributed by atoms with van der Waals surface area (Å²) in [5.41, 5.74) is 5.20. The van der Waals surface area contributed by atoms with Gasteiger partial charge in [0.1, 0.15) is 11.5 Å². The van der Waals surface area contributed by atoms with Crippen LogP contribution in [-0.4, -0.2) is 18.7 Å². The van der Waals surface area contributed by atoms with Gasteiger partial charge in [-0.05, 0) is 49.4 Å². The van der Waals surface area contributed by atoms with E-state index < -0.39 is 0 Å². The number of benzene rings is 2. The molecule has 138 valence electrons. The van der Waals surface area contributed by atoms with Gasteiger partial charge in [-0.15, -0.1) is 0 Å². The Morgan fingerprint density at radius 3 is 2.63 bits per heavy atom. The summed E-state index contributed by atoms with van der Waals surface area (Å²) in [7, 11) is 0. The van der Waals surface area contributed by atoms with E-state index in [2.05, 4.69) is 15.8 Å². The fourth-order valence-electron chi connectivity index (χ4n) is 2.32. The van der Waals surface area contributed by atoms with Gasteiger partial charge in [0, 0.05) is 16.3 Å². The fourth-order valence-corrected chi connectivity index (χ4v) is 2.82. The highest BCUT2D eigenvalue weighted by Crippen LogP contribution is 2.31. The molecule has 0 spiro atoms. The monoisotopic (exact) mass is 401 g/mol. The molecule has 0 fully saturated rings. The van der Waals surface area contributed by atoms with Crippen LogP contribution in [0.2, 0.25) is 10.0 Å². The molecule has 0 atom stereocenters. The van der Waals surface area contributed by atoms with Gasteiger partial charge in [0.2, 0.25) is 0 Å². The van der Waals surface area contributed by atoms with Gasteiger partial charge >= 0.3 is 0 Å². The highest BCUT2D eigenvalue weighted by molar-refractivity contribution is 6.36. The van der Waals surface area contributed by atoms with E-state index in [0.29, 0.717) is 21.6 Å². The number of amides is 1. The second kappa shape index (κ2) is 8.75. The number of furan rings is 1. The molecule has 7 heteroatoms. The van der Waals surface area contributed by atoms with Crippen molar-refractivity contribution in [3.63, 3.8) is 0 Å². The van der Waals surface area contributed by atoms with Crippen LogP contribution in [0.5, 0.6) is 0 Å². The van der Waals surface area contributed by atoms with Crippen molar-refractivity contribution in [2.45, 2.75) is 6.92 Å². The SMILES string of the molecule is Cc1ccc(NCC(=O)NN=Cc2ccc(-c3ccc(Cl)cc3Cl)o2)cc1. The number of nitrogens with zero attached hydrogens (tertiary/aromatic N) is 1. The van der Waals surface area contributed by atoms with Gasteiger partial charge in [-0.2, -0.15) is 5.10 Å². The van der Waals surface area contributed by atoms with E-state index in [1.165, 1.54) is 6.21 Å². The lowest BCUT2D eigenvalue weighted by molar-refractivity contribution is -0.119. The lowest BCUT2D eigenvalue weighted by Crippen LogP contribution is -2.25. The molecule has 0 bridgehead atoms. The van der Waals surface area contributed by atoms with Gasteiger partial charge < -0.3 is 9.73 Å². The highest BCUT2D eigenvalue weighted by Gasteiger charge is 2.08. The van der Waals surface area contributed by atoms with Gasteiger partial charge in [0.15, 0.2) is 0 Å². The Hall–Kier alpha value is -2.76. The molecule has 0 radical (unpaired) electrons. The first kappa shape index (κ1) is 19.0. The average Bonchev–Trinajstić information content (AvgIpc) is 3.10. The van der Waals surface area contributed by atoms with E-state index in [1.54, 1.807) is 30.3 Å². The van der Waals surface area contributed by atoms with Crippen molar-refractivity contribution < 1.29 is 9.21 Å². The number of rotatable bonds is 6. The number of nitrogens with one attached hydrogen (secondary N) is 2. The summed E-state index contributed by atoms with van der Waals surface area (Å²) in [6.45, 7) is 2.12. The summed E-state index contributed by atoms with van der Waals surface area (Å²) in [6.07, 6.45) is 1.43. The molecule has 27 heavy (non-hydrogen) atoms. The number of hydrogen-bond donors (Lipinski definition) is 2. The average molecular weight is 402 g/mol. The standard InChI is InChI=1S/C20H17Cl2N3O2/c1-13-2-5-15(6-3-13)23-12-20(26)25-24-11-16-7-9-19(27-16)17-8-4-14(21)10-18(17)22/h2-11,23H,12H2,1H3,(H,25,26). The van der Waals surface area contributed by atoms with Gasteiger partial charge in [-0.3, -0.25) is 4.79 Å². The Balaban J connectivity index is 1.53. The number of aryl methyl sites for hydroxylation is 1. The molecule has 0 saturated carbocycles. The van der Waals surface area contributed by atoms with Crippen molar-refractivity contribution in [3.8, 4) is 11.3 Å². The zero-order chi connectivity index (χ0) is 19.2. The summed E-state index contributed by atoms with van der Waals surface area (Å²) < 4.78 is 5.67. The number of anilines is 1. The smallest absolute Gasteiger partial charge is 0.259 e. The topological polar surface area (TPSA) is 66.6 Å². The molecule has 2 N–H and O–H groups in total. The molecule has 3 rings (SSSR count). The predicted octanol–water partition coefficient (Wildman–Crippen LogP) is 5.12. The third kappa shape index (κ3) is 5.36. The van der Waals surface area contributed by atoms with Crippen molar-refractivity contribution in [1.29, 1.82) is 0 Å². The summed E-state index contributed by atoms with van der Waals surface area (Å²) >= 11 is 12.1. The molecule has 2 aromatic carbocycles. The van der Waals surface area contributed by atoms with Gasteiger partial charge in [-0.1, -0.05) is 40.9 Å². The van der Waals surface area contributed by atoms with Gasteiger partial charge in [-0.25, -0.2) is 5.43 Å². The summed E-state index contributed by atoms with van der Waals surface area (Å²) in [4.78, 5) is 11.8. The van der Waals surface area contributed by atoms with Crippen LogP contribution in [-0.2, 0) is 4.79 Å². The van der Waals surface area contributed by atoms with Crippen LogP contribution in [0.4, 0.5) is 5.69 Å². The number of carbonyl (C=O) groups is 1. The lowest BCUT2D eigenvalue weighted by atomic mass is 10.2. The first-order valence-corrected chi connectivity index (χ1v) is 8.94. The van der Waals surface area contributed by atoms with Crippen molar-refractivity contribution >= 4 is 41.0 Å². The van der Waals surface area contributed by atoms with Crippen molar-refractivity contribution in [2.75, 3.05) is 11.9 Å². The first-order valence-electron chi connectivity index (χ1n) is 8.19. The number of carbonyl (C=O) groups excluding carboxylic acids is 1. The van der Waals surface area contributed by atoms with Crippen molar-refractivity contribution in [2.24, 2.45) is 5.10 Å². The molecule has 0 aliphatic rings. The molecular formula is C20H17Cl2N3O2. The van der Waals surface area contributed by atoms with Crippen LogP contribution in [0, 0.1) is 6.92 Å². The normalized spacial score (nSPS) is 10.9. The number of hydrazone groups is 1. The summed E-state index contributed by atoms with van der Waals surface area (Å²) in [5.74, 6) is 0.813. The Morgan fingerprint density at radius 2 is 1.89 bits per heavy atom. The van der Waals surface area contributed by atoms with E-state index in [0.717, 1.165) is 16.8 Å². The fraction of sp³-hybridized carbons (Fsp3) is 0.100. The first-order chi connectivity index (χ1) is 13.0.